The van der Waals surface area contributed by atoms with E-state index in [4.69, 9.17) is 17.3 Å². The highest BCUT2D eigenvalue weighted by molar-refractivity contribution is 6.29. The van der Waals surface area contributed by atoms with Crippen molar-refractivity contribution in [3.05, 3.63) is 36.2 Å². The number of pyridine rings is 1. The molecule has 0 spiro atoms. The number of halogens is 2. The minimum atomic E-state index is -2.43. The second-order valence-electron chi connectivity index (χ2n) is 7.24. The Morgan fingerprint density at radius 3 is 2.58 bits per heavy atom. The third-order valence-electron chi connectivity index (χ3n) is 4.21. The Balaban J connectivity index is 2.16. The first kappa shape index (κ1) is 24.1. The number of carbonyl (C=O) groups is 4. The van der Waals surface area contributed by atoms with E-state index in [9.17, 15) is 23.6 Å². The predicted octanol–water partition coefficient (Wildman–Crippen LogP) is 0.748. The molecule has 0 aliphatic rings. The predicted molar refractivity (Wildman–Crippen MR) is 110 cm³/mol. The van der Waals surface area contributed by atoms with Gasteiger partial charge in [0.15, 0.2) is 5.69 Å². The average Bonchev–Trinajstić information content (AvgIpc) is 3.13. The first-order valence-electron chi connectivity index (χ1n) is 9.52. The second-order valence-corrected chi connectivity index (χ2v) is 7.62. The Morgan fingerprint density at radius 1 is 1.29 bits per heavy atom. The quantitative estimate of drug-likeness (QED) is 0.379. The second kappa shape index (κ2) is 10.7. The highest BCUT2D eigenvalue weighted by Gasteiger charge is 2.29. The van der Waals surface area contributed by atoms with Gasteiger partial charge in [-0.05, 0) is 30.5 Å². The Morgan fingerprint density at radius 2 is 2.00 bits per heavy atom. The molecule has 2 aromatic heterocycles. The number of nitrogens with zero attached hydrogens (tertiary/aromatic N) is 3. The smallest absolute Gasteiger partial charge is 0.291 e. The molecular formula is C19H24ClFN6O4. The Kier molecular flexibility index (Phi) is 8.31. The number of fused-ring (bicyclic) bond motifs is 1. The molecule has 0 aromatic carbocycles. The van der Waals surface area contributed by atoms with Crippen LogP contribution in [0.2, 0.25) is 0 Å². The molecule has 4 amide bonds. The maximum absolute atomic E-state index is 13.3. The van der Waals surface area contributed by atoms with Crippen LogP contribution >= 0.6 is 11.6 Å². The van der Waals surface area contributed by atoms with Crippen LogP contribution in [-0.4, -0.2) is 56.5 Å². The molecule has 2 heterocycles. The number of nitrogens with one attached hydrogen (secondary N) is 2. The maximum atomic E-state index is 13.3. The van der Waals surface area contributed by atoms with Crippen LogP contribution in [0.15, 0.2) is 30.5 Å². The number of hydrazine groups is 1. The summed E-state index contributed by atoms with van der Waals surface area (Å²) in [5, 5.41) is 7.31. The number of aromatic nitrogens is 2. The summed E-state index contributed by atoms with van der Waals surface area (Å²) >= 11 is 5.18. The summed E-state index contributed by atoms with van der Waals surface area (Å²) in [6.45, 7) is 3.30. The van der Waals surface area contributed by atoms with Gasteiger partial charge in [-0.25, -0.2) is 13.9 Å². The van der Waals surface area contributed by atoms with Crippen molar-refractivity contribution in [1.29, 1.82) is 0 Å². The van der Waals surface area contributed by atoms with Crippen molar-refractivity contribution in [2.24, 2.45) is 11.7 Å². The molecule has 2 aromatic rings. The summed E-state index contributed by atoms with van der Waals surface area (Å²) in [6, 6.07) is 5.81. The monoisotopic (exact) mass is 454 g/mol. The van der Waals surface area contributed by atoms with Crippen molar-refractivity contribution in [3.63, 3.8) is 0 Å². The number of primary amides is 1. The van der Waals surface area contributed by atoms with Crippen molar-refractivity contribution < 1.29 is 23.6 Å². The first-order chi connectivity index (χ1) is 14.6. The third kappa shape index (κ3) is 6.92. The first-order valence-corrected chi connectivity index (χ1v) is 9.95. The number of hydrogen-bond donors (Lipinski definition) is 3. The SMILES string of the molecule is CC(C)CC(NC(=O)c1cc2ccccn2n1)C(=O)NN(CCC(N)=O)C(=O)C(F)Cl. The number of amides is 4. The Labute approximate surface area is 182 Å². The van der Waals surface area contributed by atoms with Gasteiger partial charge in [-0.2, -0.15) is 5.10 Å². The summed E-state index contributed by atoms with van der Waals surface area (Å²) in [5.41, 5.74) is 5.63. The largest absolute Gasteiger partial charge is 0.370 e. The van der Waals surface area contributed by atoms with Crippen LogP contribution in [-0.2, 0) is 14.4 Å². The zero-order chi connectivity index (χ0) is 23.1. The van der Waals surface area contributed by atoms with Gasteiger partial charge in [0.1, 0.15) is 6.04 Å². The fraction of sp³-hybridized carbons (Fsp3) is 0.421. The van der Waals surface area contributed by atoms with E-state index >= 15 is 0 Å². The van der Waals surface area contributed by atoms with Crippen molar-refractivity contribution in [3.8, 4) is 0 Å². The van der Waals surface area contributed by atoms with Crippen molar-refractivity contribution in [1.82, 2.24) is 25.4 Å². The van der Waals surface area contributed by atoms with Gasteiger partial charge in [0.05, 0.1) is 12.1 Å². The minimum Gasteiger partial charge on any atom is -0.370 e. The lowest BCUT2D eigenvalue weighted by Gasteiger charge is -2.26. The van der Waals surface area contributed by atoms with Gasteiger partial charge >= 0.3 is 0 Å². The molecule has 12 heteroatoms. The Bertz CT molecular complexity index is 931. The Hall–Kier alpha value is -3.21. The van der Waals surface area contributed by atoms with E-state index in [0.29, 0.717) is 10.5 Å². The third-order valence-corrected chi connectivity index (χ3v) is 4.40. The van der Waals surface area contributed by atoms with Gasteiger partial charge in [-0.15, -0.1) is 0 Å². The van der Waals surface area contributed by atoms with Crippen LogP contribution in [0, 0.1) is 5.92 Å². The molecule has 0 radical (unpaired) electrons. The summed E-state index contributed by atoms with van der Waals surface area (Å²) < 4.78 is 14.8. The number of rotatable bonds is 9. The van der Waals surface area contributed by atoms with Crippen LogP contribution in [0.3, 0.4) is 0 Å². The van der Waals surface area contributed by atoms with Gasteiger partial charge < -0.3 is 11.1 Å². The molecule has 2 atom stereocenters. The highest BCUT2D eigenvalue weighted by Crippen LogP contribution is 2.10. The zero-order valence-corrected chi connectivity index (χ0v) is 17.8. The van der Waals surface area contributed by atoms with Gasteiger partial charge in [-0.3, -0.25) is 24.6 Å². The maximum Gasteiger partial charge on any atom is 0.291 e. The molecule has 0 bridgehead atoms. The lowest BCUT2D eigenvalue weighted by Crippen LogP contribution is -2.56. The van der Waals surface area contributed by atoms with Crippen LogP contribution in [0.5, 0.6) is 0 Å². The average molecular weight is 455 g/mol. The molecule has 2 rings (SSSR count). The molecule has 0 saturated heterocycles. The number of alkyl halides is 2. The van der Waals surface area contributed by atoms with E-state index in [2.05, 4.69) is 15.8 Å². The van der Waals surface area contributed by atoms with E-state index < -0.39 is 35.3 Å². The summed E-state index contributed by atoms with van der Waals surface area (Å²) in [6.07, 6.45) is 1.58. The lowest BCUT2D eigenvalue weighted by atomic mass is 10.0. The molecule has 10 nitrogen and oxygen atoms in total. The van der Waals surface area contributed by atoms with E-state index in [-0.39, 0.29) is 31.0 Å². The van der Waals surface area contributed by atoms with E-state index in [1.54, 1.807) is 30.5 Å². The summed E-state index contributed by atoms with van der Waals surface area (Å²) in [7, 11) is 0. The van der Waals surface area contributed by atoms with E-state index in [1.807, 2.05) is 13.8 Å². The van der Waals surface area contributed by atoms with E-state index in [0.717, 1.165) is 0 Å². The van der Waals surface area contributed by atoms with Gasteiger partial charge in [0.2, 0.25) is 5.91 Å². The standard InChI is InChI=1S/C19H24ClFN6O4/c1-11(2)9-13(18(30)25-27(8-6-15(22)28)19(31)16(20)21)23-17(29)14-10-12-5-3-4-7-26(12)24-14/h3-5,7,10-11,13,16H,6,8-9H2,1-2H3,(H2,22,28)(H,23,29)(H,25,30). The highest BCUT2D eigenvalue weighted by atomic mass is 35.5. The normalized spacial score (nSPS) is 12.9. The van der Waals surface area contributed by atoms with Gasteiger partial charge in [0, 0.05) is 12.6 Å². The topological polar surface area (TPSA) is 139 Å². The fourth-order valence-electron chi connectivity index (χ4n) is 2.76. The zero-order valence-electron chi connectivity index (χ0n) is 17.0. The lowest BCUT2D eigenvalue weighted by molar-refractivity contribution is -0.144. The van der Waals surface area contributed by atoms with Crippen LogP contribution in [0.25, 0.3) is 5.52 Å². The molecule has 0 saturated carbocycles. The summed E-state index contributed by atoms with van der Waals surface area (Å²) in [4.78, 5) is 48.4. The minimum absolute atomic E-state index is 0.00570. The number of nitrogens with two attached hydrogens (primary N) is 1. The number of carbonyl (C=O) groups excluding carboxylic acids is 4. The molecule has 168 valence electrons. The molecule has 0 aliphatic heterocycles. The molecule has 31 heavy (non-hydrogen) atoms. The molecule has 4 N–H and O–H groups in total. The molecule has 0 fully saturated rings. The van der Waals surface area contributed by atoms with Gasteiger partial charge in [-0.1, -0.05) is 31.5 Å². The number of hydrogen-bond acceptors (Lipinski definition) is 5. The molecule has 2 unspecified atom stereocenters. The molecule has 0 aliphatic carbocycles. The van der Waals surface area contributed by atoms with Crippen molar-refractivity contribution in [2.45, 2.75) is 38.4 Å². The summed E-state index contributed by atoms with van der Waals surface area (Å²) in [5.74, 6) is -3.39. The van der Waals surface area contributed by atoms with Crippen LogP contribution in [0.1, 0.15) is 37.2 Å². The van der Waals surface area contributed by atoms with Crippen LogP contribution in [0.4, 0.5) is 4.39 Å². The fourth-order valence-corrected chi connectivity index (χ4v) is 2.87. The van der Waals surface area contributed by atoms with Crippen LogP contribution < -0.4 is 16.5 Å². The van der Waals surface area contributed by atoms with Crippen molar-refractivity contribution in [2.75, 3.05) is 6.54 Å². The van der Waals surface area contributed by atoms with Gasteiger partial charge in [0.25, 0.3) is 23.4 Å². The van der Waals surface area contributed by atoms with E-state index in [1.165, 1.54) is 4.52 Å². The van der Waals surface area contributed by atoms with Crippen molar-refractivity contribution >= 4 is 40.7 Å². The molecular weight excluding hydrogens is 431 g/mol.